The zero-order chi connectivity index (χ0) is 13.7. The number of nitrogens with two attached hydrogens (primary N) is 1. The molecule has 0 spiro atoms. The molecule has 1 heterocycles. The van der Waals surface area contributed by atoms with Gasteiger partial charge in [0, 0.05) is 19.2 Å². The van der Waals surface area contributed by atoms with Crippen molar-refractivity contribution >= 4 is 11.8 Å². The molecule has 2 rings (SSSR count). The van der Waals surface area contributed by atoms with Crippen LogP contribution in [0.25, 0.3) is 0 Å². The second-order valence-electron chi connectivity index (χ2n) is 4.14. The average molecular weight is 278 g/mol. The van der Waals surface area contributed by atoms with Gasteiger partial charge in [-0.05, 0) is 24.2 Å². The van der Waals surface area contributed by atoms with Crippen molar-refractivity contribution in [1.29, 1.82) is 0 Å². The Morgan fingerprint density at radius 1 is 1.37 bits per heavy atom. The summed E-state index contributed by atoms with van der Waals surface area (Å²) >= 11 is 1.66. The zero-order valence-corrected chi connectivity index (χ0v) is 12.0. The first-order chi connectivity index (χ1) is 9.24. The molecule has 0 aliphatic carbocycles. The Kier molecular flexibility index (Phi) is 4.81. The van der Waals surface area contributed by atoms with Crippen LogP contribution in [0.3, 0.4) is 0 Å². The van der Waals surface area contributed by atoms with Crippen molar-refractivity contribution in [2.75, 3.05) is 13.7 Å². The lowest BCUT2D eigenvalue weighted by atomic mass is 10.2. The monoisotopic (exact) mass is 278 g/mol. The molecule has 102 valence electrons. The summed E-state index contributed by atoms with van der Waals surface area (Å²) in [6, 6.07) is 8.04. The molecule has 0 aliphatic heterocycles. The van der Waals surface area contributed by atoms with E-state index in [1.54, 1.807) is 18.9 Å². The van der Waals surface area contributed by atoms with Crippen LogP contribution in [0.2, 0.25) is 0 Å². The molecule has 2 N–H and O–H groups in total. The van der Waals surface area contributed by atoms with Gasteiger partial charge in [-0.25, -0.2) is 0 Å². The van der Waals surface area contributed by atoms with Crippen LogP contribution in [0, 0.1) is 0 Å². The van der Waals surface area contributed by atoms with E-state index in [2.05, 4.69) is 16.3 Å². The highest BCUT2D eigenvalue weighted by atomic mass is 32.2. The molecule has 2 aromatic rings. The molecular formula is C13H18N4OS. The van der Waals surface area contributed by atoms with E-state index < -0.39 is 0 Å². The normalized spacial score (nSPS) is 10.7. The Balaban J connectivity index is 2.01. The Hall–Kier alpha value is -1.53. The molecule has 0 unspecified atom stereocenters. The number of thioether (sulfide) groups is 1. The zero-order valence-electron chi connectivity index (χ0n) is 11.2. The minimum Gasteiger partial charge on any atom is -0.497 e. The van der Waals surface area contributed by atoms with E-state index in [9.17, 15) is 0 Å². The molecule has 0 radical (unpaired) electrons. The van der Waals surface area contributed by atoms with Gasteiger partial charge in [0.15, 0.2) is 5.16 Å². The number of rotatable bonds is 6. The van der Waals surface area contributed by atoms with Crippen molar-refractivity contribution in [3.63, 3.8) is 0 Å². The lowest BCUT2D eigenvalue weighted by molar-refractivity contribution is 0.414. The molecule has 1 aromatic heterocycles. The van der Waals surface area contributed by atoms with E-state index in [0.29, 0.717) is 6.54 Å². The predicted molar refractivity (Wildman–Crippen MR) is 76.3 cm³/mol. The van der Waals surface area contributed by atoms with Crippen molar-refractivity contribution in [1.82, 2.24) is 14.8 Å². The van der Waals surface area contributed by atoms with Gasteiger partial charge in [-0.2, -0.15) is 0 Å². The standard InChI is InChI=1S/C13H18N4OS/c1-17-12(6-7-14)15-16-13(17)19-9-10-4-3-5-11(8-10)18-2/h3-5,8H,6-7,9,14H2,1-2H3. The molecule has 1 aromatic carbocycles. The van der Waals surface area contributed by atoms with Crippen LogP contribution in [-0.4, -0.2) is 28.4 Å². The fourth-order valence-electron chi connectivity index (χ4n) is 1.73. The average Bonchev–Trinajstić information content (AvgIpc) is 2.78. The molecule has 0 atom stereocenters. The lowest BCUT2D eigenvalue weighted by Gasteiger charge is -2.05. The van der Waals surface area contributed by atoms with Crippen LogP contribution in [0.15, 0.2) is 29.4 Å². The molecule has 6 heteroatoms. The van der Waals surface area contributed by atoms with Gasteiger partial charge in [-0.15, -0.1) is 10.2 Å². The summed E-state index contributed by atoms with van der Waals surface area (Å²) in [5.74, 6) is 2.64. The fraction of sp³-hybridized carbons (Fsp3) is 0.385. The quantitative estimate of drug-likeness (QED) is 0.813. The van der Waals surface area contributed by atoms with E-state index in [0.717, 1.165) is 28.9 Å². The van der Waals surface area contributed by atoms with Gasteiger partial charge in [-0.1, -0.05) is 23.9 Å². The van der Waals surface area contributed by atoms with Crippen LogP contribution in [-0.2, 0) is 19.2 Å². The maximum atomic E-state index is 5.53. The van der Waals surface area contributed by atoms with Crippen molar-refractivity contribution in [2.24, 2.45) is 12.8 Å². The van der Waals surface area contributed by atoms with Crippen molar-refractivity contribution in [3.8, 4) is 5.75 Å². The van der Waals surface area contributed by atoms with Crippen LogP contribution >= 0.6 is 11.8 Å². The Morgan fingerprint density at radius 2 is 2.21 bits per heavy atom. The van der Waals surface area contributed by atoms with E-state index in [1.807, 2.05) is 29.8 Å². The largest absolute Gasteiger partial charge is 0.497 e. The van der Waals surface area contributed by atoms with Crippen LogP contribution in [0.4, 0.5) is 0 Å². The van der Waals surface area contributed by atoms with Gasteiger partial charge in [-0.3, -0.25) is 0 Å². The summed E-state index contributed by atoms with van der Waals surface area (Å²) < 4.78 is 7.21. The number of hydrogen-bond donors (Lipinski definition) is 1. The first kappa shape index (κ1) is 13.9. The number of methoxy groups -OCH3 is 1. The van der Waals surface area contributed by atoms with Gasteiger partial charge in [0.1, 0.15) is 11.6 Å². The fourth-order valence-corrected chi connectivity index (χ4v) is 2.60. The highest BCUT2D eigenvalue weighted by Crippen LogP contribution is 2.23. The number of aromatic nitrogens is 3. The molecular weight excluding hydrogens is 260 g/mol. The second kappa shape index (κ2) is 6.58. The summed E-state index contributed by atoms with van der Waals surface area (Å²) in [5.41, 5.74) is 6.74. The van der Waals surface area contributed by atoms with E-state index in [4.69, 9.17) is 10.5 Å². The maximum Gasteiger partial charge on any atom is 0.191 e. The van der Waals surface area contributed by atoms with Crippen LogP contribution in [0.5, 0.6) is 5.75 Å². The summed E-state index contributed by atoms with van der Waals surface area (Å²) in [6.07, 6.45) is 0.753. The molecule has 0 aliphatic rings. The summed E-state index contributed by atoms with van der Waals surface area (Å²) in [7, 11) is 3.65. The number of benzene rings is 1. The summed E-state index contributed by atoms with van der Waals surface area (Å²) in [6.45, 7) is 0.590. The highest BCUT2D eigenvalue weighted by Gasteiger charge is 2.08. The first-order valence-electron chi connectivity index (χ1n) is 6.08. The van der Waals surface area contributed by atoms with Gasteiger partial charge < -0.3 is 15.0 Å². The SMILES string of the molecule is COc1cccc(CSc2nnc(CCN)n2C)c1. The minimum atomic E-state index is 0.590. The Labute approximate surface area is 117 Å². The maximum absolute atomic E-state index is 5.53. The van der Waals surface area contributed by atoms with Crippen molar-refractivity contribution < 1.29 is 4.74 Å². The van der Waals surface area contributed by atoms with E-state index in [1.165, 1.54) is 5.56 Å². The van der Waals surface area contributed by atoms with E-state index >= 15 is 0 Å². The summed E-state index contributed by atoms with van der Waals surface area (Å²) in [5, 5.41) is 9.23. The van der Waals surface area contributed by atoms with Gasteiger partial charge in [0.2, 0.25) is 0 Å². The molecule has 0 saturated heterocycles. The number of ether oxygens (including phenoxy) is 1. The molecule has 19 heavy (non-hydrogen) atoms. The molecule has 0 saturated carbocycles. The topological polar surface area (TPSA) is 66.0 Å². The van der Waals surface area contributed by atoms with Gasteiger partial charge in [0.05, 0.1) is 7.11 Å². The Morgan fingerprint density at radius 3 is 2.95 bits per heavy atom. The third kappa shape index (κ3) is 3.48. The van der Waals surface area contributed by atoms with Crippen LogP contribution < -0.4 is 10.5 Å². The molecule has 0 amide bonds. The molecule has 5 nitrogen and oxygen atoms in total. The first-order valence-corrected chi connectivity index (χ1v) is 7.07. The molecule has 0 fully saturated rings. The highest BCUT2D eigenvalue weighted by molar-refractivity contribution is 7.98. The number of nitrogens with zero attached hydrogens (tertiary/aromatic N) is 3. The smallest absolute Gasteiger partial charge is 0.191 e. The van der Waals surface area contributed by atoms with Gasteiger partial charge >= 0.3 is 0 Å². The van der Waals surface area contributed by atoms with Crippen molar-refractivity contribution in [3.05, 3.63) is 35.7 Å². The van der Waals surface area contributed by atoms with Crippen molar-refractivity contribution in [2.45, 2.75) is 17.3 Å². The van der Waals surface area contributed by atoms with E-state index in [-0.39, 0.29) is 0 Å². The van der Waals surface area contributed by atoms with Crippen LogP contribution in [0.1, 0.15) is 11.4 Å². The third-order valence-electron chi connectivity index (χ3n) is 2.80. The molecule has 0 bridgehead atoms. The second-order valence-corrected chi connectivity index (χ2v) is 5.08. The summed E-state index contributed by atoms with van der Waals surface area (Å²) in [4.78, 5) is 0. The Bertz CT molecular complexity index is 541. The predicted octanol–water partition coefficient (Wildman–Crippen LogP) is 1.62. The minimum absolute atomic E-state index is 0.590. The van der Waals surface area contributed by atoms with Gasteiger partial charge in [0.25, 0.3) is 0 Å². The third-order valence-corrected chi connectivity index (χ3v) is 3.89. The number of hydrogen-bond acceptors (Lipinski definition) is 5. The lowest BCUT2D eigenvalue weighted by Crippen LogP contribution is -2.08.